The molecule has 0 fully saturated rings. The summed E-state index contributed by atoms with van der Waals surface area (Å²) in [6.45, 7) is 3.74. The third-order valence-corrected chi connectivity index (χ3v) is 2.72. The number of fused-ring (bicyclic) bond motifs is 1. The van der Waals surface area contributed by atoms with E-state index in [4.69, 9.17) is 0 Å². The minimum absolute atomic E-state index is 0. The molecule has 0 saturated carbocycles. The number of hydrogen-bond donors (Lipinski definition) is 0. The van der Waals surface area contributed by atoms with E-state index in [0.717, 1.165) is 12.8 Å². The molecular weight excluding hydrogens is 323 g/mol. The van der Waals surface area contributed by atoms with Gasteiger partial charge in [0.15, 0.2) is 0 Å². The van der Waals surface area contributed by atoms with Gasteiger partial charge in [0.25, 0.3) is 0 Å². The summed E-state index contributed by atoms with van der Waals surface area (Å²) in [5.74, 6) is 0. The maximum atomic E-state index is 3.74. The van der Waals surface area contributed by atoms with Crippen LogP contribution in [0.1, 0.15) is 12.0 Å². The van der Waals surface area contributed by atoms with Gasteiger partial charge in [0.1, 0.15) is 0 Å². The van der Waals surface area contributed by atoms with Crippen LogP contribution in [0, 0.1) is 6.08 Å². The SMILES string of the molecule is C=CC[c-]1ccc2ccccc21.[C-]1=CC=CC1.[Cl-].[Cl-].[Ti+2]. The molecule has 0 amide bonds. The van der Waals surface area contributed by atoms with Crippen molar-refractivity contribution >= 4 is 10.8 Å². The molecule has 0 aromatic heterocycles. The summed E-state index contributed by atoms with van der Waals surface area (Å²) in [5, 5.41) is 2.69. The van der Waals surface area contributed by atoms with Crippen molar-refractivity contribution in [3.05, 3.63) is 78.9 Å². The van der Waals surface area contributed by atoms with Crippen molar-refractivity contribution in [2.75, 3.05) is 0 Å². The number of rotatable bonds is 2. The molecule has 20 heavy (non-hydrogen) atoms. The van der Waals surface area contributed by atoms with E-state index < -0.39 is 0 Å². The van der Waals surface area contributed by atoms with Crippen LogP contribution >= 0.6 is 0 Å². The molecule has 0 bridgehead atoms. The standard InChI is InChI=1S/C12H11.C5H5.2ClH.Ti/c1-2-5-10-8-9-11-6-3-4-7-12(10)11;1-2-4-5-3-1;;;/h2-4,6-9H,1,5H2;1-3H,4H2;2*1H;/q2*-1;;;+2/p-2. The fourth-order valence-corrected chi connectivity index (χ4v) is 1.89. The van der Waals surface area contributed by atoms with E-state index in [1.165, 1.54) is 16.3 Å². The van der Waals surface area contributed by atoms with Gasteiger partial charge in [0.05, 0.1) is 0 Å². The zero-order valence-electron chi connectivity index (χ0n) is 11.2. The van der Waals surface area contributed by atoms with E-state index >= 15 is 0 Å². The molecule has 0 unspecified atom stereocenters. The van der Waals surface area contributed by atoms with Crippen LogP contribution in [0.15, 0.2) is 67.3 Å². The molecule has 0 saturated heterocycles. The Kier molecular flexibility index (Phi) is 13.1. The normalized spacial score (nSPS) is 10.6. The van der Waals surface area contributed by atoms with E-state index in [0.29, 0.717) is 0 Å². The van der Waals surface area contributed by atoms with E-state index in [-0.39, 0.29) is 46.5 Å². The van der Waals surface area contributed by atoms with Crippen LogP contribution in [-0.2, 0) is 28.1 Å². The largest absolute Gasteiger partial charge is 2.00 e. The van der Waals surface area contributed by atoms with Gasteiger partial charge in [-0.05, 0) is 6.42 Å². The van der Waals surface area contributed by atoms with Gasteiger partial charge in [0, 0.05) is 0 Å². The maximum Gasteiger partial charge on any atom is 2.00 e. The molecule has 2 aromatic rings. The molecule has 0 radical (unpaired) electrons. The van der Waals surface area contributed by atoms with Gasteiger partial charge in [0.2, 0.25) is 0 Å². The van der Waals surface area contributed by atoms with Crippen molar-refractivity contribution in [1.82, 2.24) is 0 Å². The second kappa shape index (κ2) is 12.1. The monoisotopic (exact) mass is 338 g/mol. The van der Waals surface area contributed by atoms with E-state index in [1.807, 2.05) is 18.2 Å². The first-order chi connectivity index (χ1) is 8.42. The van der Waals surface area contributed by atoms with Gasteiger partial charge in [-0.15, -0.1) is 53.6 Å². The van der Waals surface area contributed by atoms with Gasteiger partial charge in [-0.1, -0.05) is 12.1 Å². The molecule has 0 N–H and O–H groups in total. The average Bonchev–Trinajstić information content (AvgIpc) is 3.02. The second-order valence-corrected chi connectivity index (χ2v) is 3.94. The van der Waals surface area contributed by atoms with Crippen LogP contribution in [0.5, 0.6) is 0 Å². The molecule has 1 aliphatic carbocycles. The quantitative estimate of drug-likeness (QED) is 0.359. The van der Waals surface area contributed by atoms with E-state index in [9.17, 15) is 0 Å². The molecule has 3 heteroatoms. The van der Waals surface area contributed by atoms with Crippen molar-refractivity contribution in [3.8, 4) is 0 Å². The van der Waals surface area contributed by atoms with Crippen LogP contribution in [0.4, 0.5) is 0 Å². The fourth-order valence-electron chi connectivity index (χ4n) is 1.89. The molecular formula is C17H16Cl2Ti-2. The summed E-state index contributed by atoms with van der Waals surface area (Å²) in [7, 11) is 0. The van der Waals surface area contributed by atoms with E-state index in [1.54, 1.807) is 0 Å². The summed E-state index contributed by atoms with van der Waals surface area (Å²) < 4.78 is 0. The van der Waals surface area contributed by atoms with Crippen LogP contribution < -0.4 is 24.8 Å². The Balaban J connectivity index is 0. The Labute approximate surface area is 148 Å². The smallest absolute Gasteiger partial charge is 1.00 e. The molecule has 0 nitrogen and oxygen atoms in total. The minimum atomic E-state index is 0. The maximum absolute atomic E-state index is 3.74. The molecule has 0 spiro atoms. The number of halogens is 2. The zero-order chi connectivity index (χ0) is 11.9. The molecule has 0 atom stereocenters. The fraction of sp³-hybridized carbons (Fsp3) is 0.118. The van der Waals surface area contributed by atoms with Crippen LogP contribution in [0.2, 0.25) is 0 Å². The Morgan fingerprint density at radius 1 is 1.20 bits per heavy atom. The van der Waals surface area contributed by atoms with Gasteiger partial charge in [-0.2, -0.15) is 12.1 Å². The molecule has 2 aromatic carbocycles. The first kappa shape index (κ1) is 21.6. The predicted octanol–water partition coefficient (Wildman–Crippen LogP) is -1.40. The Hall–Kier alpha value is -0.656. The van der Waals surface area contributed by atoms with Gasteiger partial charge >= 0.3 is 21.7 Å². The molecule has 1 aliphatic rings. The summed E-state index contributed by atoms with van der Waals surface area (Å²) in [5.41, 5.74) is 1.38. The van der Waals surface area contributed by atoms with Crippen molar-refractivity contribution in [1.29, 1.82) is 0 Å². The molecule has 0 heterocycles. The van der Waals surface area contributed by atoms with Gasteiger partial charge in [-0.3, -0.25) is 6.08 Å². The number of allylic oxidation sites excluding steroid dienone is 5. The number of hydrogen-bond acceptors (Lipinski definition) is 0. The van der Waals surface area contributed by atoms with Crippen molar-refractivity contribution in [2.45, 2.75) is 12.8 Å². The first-order valence-electron chi connectivity index (χ1n) is 5.88. The third-order valence-electron chi connectivity index (χ3n) is 2.72. The Morgan fingerprint density at radius 3 is 2.50 bits per heavy atom. The molecule has 104 valence electrons. The van der Waals surface area contributed by atoms with Crippen LogP contribution in [-0.4, -0.2) is 0 Å². The predicted molar refractivity (Wildman–Crippen MR) is 75.0 cm³/mol. The van der Waals surface area contributed by atoms with Crippen molar-refractivity contribution < 1.29 is 46.5 Å². The summed E-state index contributed by atoms with van der Waals surface area (Å²) in [6, 6.07) is 12.8. The van der Waals surface area contributed by atoms with Crippen molar-refractivity contribution in [3.63, 3.8) is 0 Å². The third kappa shape index (κ3) is 6.20. The summed E-state index contributed by atoms with van der Waals surface area (Å²) >= 11 is 0. The van der Waals surface area contributed by atoms with Crippen LogP contribution in [0.3, 0.4) is 0 Å². The van der Waals surface area contributed by atoms with Crippen LogP contribution in [0.25, 0.3) is 10.8 Å². The zero-order valence-corrected chi connectivity index (χ0v) is 14.2. The summed E-state index contributed by atoms with van der Waals surface area (Å²) in [6.07, 6.45) is 12.9. The molecule has 0 aliphatic heterocycles. The van der Waals surface area contributed by atoms with Gasteiger partial charge < -0.3 is 24.8 Å². The van der Waals surface area contributed by atoms with Crippen molar-refractivity contribution in [2.24, 2.45) is 0 Å². The topological polar surface area (TPSA) is 0 Å². The van der Waals surface area contributed by atoms with Gasteiger partial charge in [-0.25, -0.2) is 12.2 Å². The molecule has 3 rings (SSSR count). The van der Waals surface area contributed by atoms with E-state index in [2.05, 4.69) is 55.1 Å². The number of benzene rings is 1. The Morgan fingerprint density at radius 2 is 1.95 bits per heavy atom. The second-order valence-electron chi connectivity index (χ2n) is 3.94. The first-order valence-corrected chi connectivity index (χ1v) is 5.88. The summed E-state index contributed by atoms with van der Waals surface area (Å²) in [4.78, 5) is 0. The Bertz CT molecular complexity index is 543. The minimum Gasteiger partial charge on any atom is -1.00 e. The average molecular weight is 339 g/mol.